The van der Waals surface area contributed by atoms with E-state index in [1.807, 2.05) is 0 Å². The average Bonchev–Trinajstić information content (AvgIpc) is 2.51. The molecule has 1 aliphatic rings. The summed E-state index contributed by atoms with van der Waals surface area (Å²) in [6, 6.07) is 8.37. The van der Waals surface area contributed by atoms with Crippen LogP contribution in [0.1, 0.15) is 6.92 Å². The number of carbonyl (C=O) groups excluding carboxylic acids is 2. The molecule has 2 N–H and O–H groups in total. The lowest BCUT2D eigenvalue weighted by Crippen LogP contribution is -2.56. The van der Waals surface area contributed by atoms with Gasteiger partial charge in [-0.1, -0.05) is 23.2 Å². The Kier molecular flexibility index (Phi) is 4.11. The van der Waals surface area contributed by atoms with Crippen LogP contribution < -0.4 is 15.4 Å². The van der Waals surface area contributed by atoms with Gasteiger partial charge in [-0.2, -0.15) is 0 Å². The zero-order chi connectivity index (χ0) is 17.5. The Labute approximate surface area is 146 Å². The lowest BCUT2D eigenvalue weighted by Gasteiger charge is -2.33. The van der Waals surface area contributed by atoms with E-state index < -0.39 is 23.2 Å². The van der Waals surface area contributed by atoms with Crippen molar-refractivity contribution in [2.24, 2.45) is 0 Å². The quantitative estimate of drug-likeness (QED) is 0.790. The van der Waals surface area contributed by atoms with Crippen molar-refractivity contribution in [2.45, 2.75) is 12.5 Å². The second-order valence-corrected chi connectivity index (χ2v) is 6.18. The third-order valence-corrected chi connectivity index (χ3v) is 4.02. The van der Waals surface area contributed by atoms with Crippen molar-refractivity contribution in [1.29, 1.82) is 0 Å². The Morgan fingerprint density at radius 3 is 2.58 bits per heavy atom. The molecule has 0 saturated carbocycles. The highest BCUT2D eigenvalue weighted by atomic mass is 35.5. The predicted molar refractivity (Wildman–Crippen MR) is 89.2 cm³/mol. The van der Waals surface area contributed by atoms with Gasteiger partial charge in [0.25, 0.3) is 17.4 Å². The fraction of sp³-hybridized carbons (Fsp3) is 0.125. The molecule has 3 rings (SSSR count). The van der Waals surface area contributed by atoms with E-state index in [9.17, 15) is 14.0 Å². The molecule has 0 saturated heterocycles. The molecule has 124 valence electrons. The maximum Gasteiger partial charge on any atom is 0.278 e. The van der Waals surface area contributed by atoms with Crippen LogP contribution in [0.3, 0.4) is 0 Å². The number of fused-ring (bicyclic) bond motifs is 1. The molecular weight excluding hydrogens is 358 g/mol. The molecule has 0 aromatic heterocycles. The Balaban J connectivity index is 1.88. The van der Waals surface area contributed by atoms with E-state index in [1.165, 1.54) is 31.2 Å². The van der Waals surface area contributed by atoms with Gasteiger partial charge in [0.1, 0.15) is 11.6 Å². The highest BCUT2D eigenvalue weighted by Crippen LogP contribution is 2.36. The summed E-state index contributed by atoms with van der Waals surface area (Å²) < 4.78 is 19.4. The van der Waals surface area contributed by atoms with E-state index in [0.29, 0.717) is 10.7 Å². The van der Waals surface area contributed by atoms with E-state index in [1.54, 1.807) is 6.07 Å². The molecule has 0 spiro atoms. The molecule has 0 aliphatic carbocycles. The average molecular weight is 369 g/mol. The van der Waals surface area contributed by atoms with E-state index >= 15 is 0 Å². The first-order valence-electron chi connectivity index (χ1n) is 6.86. The third kappa shape index (κ3) is 2.90. The van der Waals surface area contributed by atoms with Crippen LogP contribution in [0.2, 0.25) is 10.0 Å². The molecule has 2 aromatic rings. The number of halogens is 3. The van der Waals surface area contributed by atoms with Crippen molar-refractivity contribution >= 4 is 46.4 Å². The number of nitrogens with one attached hydrogen (secondary N) is 2. The molecule has 0 bridgehead atoms. The molecule has 5 nitrogen and oxygen atoms in total. The van der Waals surface area contributed by atoms with Crippen LogP contribution in [-0.4, -0.2) is 17.4 Å². The maximum atomic E-state index is 13.8. The van der Waals surface area contributed by atoms with Gasteiger partial charge in [-0.15, -0.1) is 0 Å². The molecule has 0 radical (unpaired) electrons. The van der Waals surface area contributed by atoms with Crippen LogP contribution in [0.5, 0.6) is 5.75 Å². The van der Waals surface area contributed by atoms with Crippen molar-refractivity contribution in [3.05, 3.63) is 52.3 Å². The minimum Gasteiger partial charge on any atom is -0.466 e. The predicted octanol–water partition coefficient (Wildman–Crippen LogP) is 3.86. The SMILES string of the molecule is CC1(C(=O)Nc2ccc(Cl)cc2F)Oc2ccc(Cl)cc2NC1=O. The number of carbonyl (C=O) groups is 2. The number of anilines is 2. The molecule has 8 heteroatoms. The molecule has 24 heavy (non-hydrogen) atoms. The van der Waals surface area contributed by atoms with Crippen molar-refractivity contribution in [1.82, 2.24) is 0 Å². The summed E-state index contributed by atoms with van der Waals surface area (Å²) in [6.07, 6.45) is 0. The van der Waals surface area contributed by atoms with E-state index in [0.717, 1.165) is 6.07 Å². The van der Waals surface area contributed by atoms with Crippen LogP contribution in [0.25, 0.3) is 0 Å². The highest BCUT2D eigenvalue weighted by molar-refractivity contribution is 6.31. The standard InChI is InChI=1S/C16H11Cl2FN2O3/c1-16(14(22)20-11-4-2-8(17)6-10(11)19)15(23)21-12-7-9(18)3-5-13(12)24-16/h2-7H,1H3,(H,20,22)(H,21,23). The van der Waals surface area contributed by atoms with Crippen LogP contribution in [0.15, 0.2) is 36.4 Å². The molecule has 1 atom stereocenters. The lowest BCUT2D eigenvalue weighted by molar-refractivity contribution is -0.143. The molecule has 0 fully saturated rings. The summed E-state index contributed by atoms with van der Waals surface area (Å²) in [4.78, 5) is 24.8. The largest absolute Gasteiger partial charge is 0.466 e. The summed E-state index contributed by atoms with van der Waals surface area (Å²) in [5.74, 6) is -1.94. The highest BCUT2D eigenvalue weighted by Gasteiger charge is 2.47. The summed E-state index contributed by atoms with van der Waals surface area (Å²) in [5, 5.41) is 5.49. The number of benzene rings is 2. The van der Waals surface area contributed by atoms with Crippen molar-refractivity contribution in [2.75, 3.05) is 10.6 Å². The van der Waals surface area contributed by atoms with Gasteiger partial charge >= 0.3 is 0 Å². The van der Waals surface area contributed by atoms with Gasteiger partial charge in [-0.3, -0.25) is 9.59 Å². The fourth-order valence-electron chi connectivity index (χ4n) is 2.18. The molecule has 1 unspecified atom stereocenters. The van der Waals surface area contributed by atoms with Crippen molar-refractivity contribution < 1.29 is 18.7 Å². The Bertz CT molecular complexity index is 859. The molecular formula is C16H11Cl2FN2O3. The second-order valence-electron chi connectivity index (χ2n) is 5.31. The van der Waals surface area contributed by atoms with Crippen LogP contribution in [0.4, 0.5) is 15.8 Å². The minimum absolute atomic E-state index is 0.107. The maximum absolute atomic E-state index is 13.8. The number of hydrogen-bond donors (Lipinski definition) is 2. The second kappa shape index (κ2) is 5.96. The Hall–Kier alpha value is -2.31. The zero-order valence-corrected chi connectivity index (χ0v) is 13.8. The van der Waals surface area contributed by atoms with E-state index in [2.05, 4.69) is 10.6 Å². The van der Waals surface area contributed by atoms with Gasteiger partial charge in [0.05, 0.1) is 11.4 Å². The first-order chi connectivity index (χ1) is 11.3. The monoisotopic (exact) mass is 368 g/mol. The van der Waals surface area contributed by atoms with Gasteiger partial charge in [0.2, 0.25) is 0 Å². The smallest absolute Gasteiger partial charge is 0.278 e. The normalized spacial score (nSPS) is 19.1. The molecule has 2 aromatic carbocycles. The number of hydrogen-bond acceptors (Lipinski definition) is 3. The van der Waals surface area contributed by atoms with Gasteiger partial charge in [0.15, 0.2) is 0 Å². The first kappa shape index (κ1) is 16.5. The topological polar surface area (TPSA) is 67.4 Å². The van der Waals surface area contributed by atoms with Crippen molar-refractivity contribution in [3.8, 4) is 5.75 Å². The van der Waals surface area contributed by atoms with Gasteiger partial charge < -0.3 is 15.4 Å². The van der Waals surface area contributed by atoms with Gasteiger partial charge in [-0.25, -0.2) is 4.39 Å². The Morgan fingerprint density at radius 1 is 1.21 bits per heavy atom. The van der Waals surface area contributed by atoms with Crippen LogP contribution >= 0.6 is 23.2 Å². The van der Waals surface area contributed by atoms with Gasteiger partial charge in [-0.05, 0) is 43.3 Å². The minimum atomic E-state index is -1.87. The Morgan fingerprint density at radius 2 is 1.88 bits per heavy atom. The number of amides is 2. The lowest BCUT2D eigenvalue weighted by atomic mass is 10.0. The molecule has 2 amide bonds. The first-order valence-corrected chi connectivity index (χ1v) is 7.62. The summed E-state index contributed by atoms with van der Waals surface area (Å²) in [5.41, 5.74) is -1.62. The zero-order valence-electron chi connectivity index (χ0n) is 12.3. The fourth-order valence-corrected chi connectivity index (χ4v) is 2.51. The van der Waals surface area contributed by atoms with Crippen LogP contribution in [-0.2, 0) is 9.59 Å². The summed E-state index contributed by atoms with van der Waals surface area (Å²) >= 11 is 11.5. The van der Waals surface area contributed by atoms with Crippen molar-refractivity contribution in [3.63, 3.8) is 0 Å². The number of rotatable bonds is 2. The van der Waals surface area contributed by atoms with E-state index in [4.69, 9.17) is 27.9 Å². The van der Waals surface area contributed by atoms with Gasteiger partial charge in [0, 0.05) is 10.0 Å². The summed E-state index contributed by atoms with van der Waals surface area (Å²) in [6.45, 7) is 1.29. The summed E-state index contributed by atoms with van der Waals surface area (Å²) in [7, 11) is 0. The van der Waals surface area contributed by atoms with E-state index in [-0.39, 0.29) is 16.5 Å². The van der Waals surface area contributed by atoms with Crippen LogP contribution in [0, 0.1) is 5.82 Å². The number of ether oxygens (including phenoxy) is 1. The molecule has 1 heterocycles. The third-order valence-electron chi connectivity index (χ3n) is 3.55. The molecule has 1 aliphatic heterocycles.